The topological polar surface area (TPSA) is 127 Å². The van der Waals surface area contributed by atoms with Gasteiger partial charge in [-0.3, -0.25) is 14.3 Å². The second kappa shape index (κ2) is 9.89. The molecule has 0 amide bonds. The number of halogens is 2. The SMILES string of the molecule is Cn1c(=O)[nH]c(=O)c2c1nc(N/N=C\c1c(F)cccc1Cl)n2C[C@H](O)COc1ccccc1. The van der Waals surface area contributed by atoms with E-state index in [2.05, 4.69) is 20.5 Å². The van der Waals surface area contributed by atoms with Crippen LogP contribution >= 0.6 is 11.6 Å². The highest BCUT2D eigenvalue weighted by atomic mass is 35.5. The number of aryl methyl sites for hydroxylation is 1. The molecule has 3 N–H and O–H groups in total. The zero-order valence-corrected chi connectivity index (χ0v) is 18.7. The number of aromatic nitrogens is 4. The summed E-state index contributed by atoms with van der Waals surface area (Å²) in [6.45, 7) is -0.177. The third-order valence-electron chi connectivity index (χ3n) is 4.94. The number of para-hydroxylation sites is 1. The van der Waals surface area contributed by atoms with Crippen molar-refractivity contribution in [2.24, 2.45) is 12.1 Å². The van der Waals surface area contributed by atoms with Crippen molar-refractivity contribution < 1.29 is 14.2 Å². The summed E-state index contributed by atoms with van der Waals surface area (Å²) in [5.74, 6) is 0.0463. The van der Waals surface area contributed by atoms with E-state index in [0.29, 0.717) is 5.75 Å². The number of benzene rings is 2. The maximum absolute atomic E-state index is 14.0. The Kier molecular flexibility index (Phi) is 6.75. The number of H-pyrrole nitrogens is 1. The first-order valence-corrected chi connectivity index (χ1v) is 10.5. The Morgan fingerprint density at radius 2 is 2.03 bits per heavy atom. The summed E-state index contributed by atoms with van der Waals surface area (Å²) in [7, 11) is 1.44. The van der Waals surface area contributed by atoms with Crippen LogP contribution in [0.15, 0.2) is 63.2 Å². The minimum atomic E-state index is -1.04. The molecule has 0 radical (unpaired) electrons. The third kappa shape index (κ3) is 4.85. The molecule has 0 aliphatic rings. The molecule has 2 aromatic carbocycles. The molecule has 2 heterocycles. The maximum Gasteiger partial charge on any atom is 0.329 e. The molecule has 0 saturated heterocycles. The average molecular weight is 487 g/mol. The number of imidazole rings is 1. The highest BCUT2D eigenvalue weighted by molar-refractivity contribution is 6.33. The number of aromatic amines is 1. The predicted octanol–water partition coefficient (Wildman–Crippen LogP) is 2.10. The molecule has 2 aromatic heterocycles. The Bertz CT molecular complexity index is 1440. The Labute approximate surface area is 196 Å². The van der Waals surface area contributed by atoms with Crippen molar-refractivity contribution >= 4 is 34.9 Å². The van der Waals surface area contributed by atoms with E-state index in [4.69, 9.17) is 16.3 Å². The van der Waals surface area contributed by atoms with Crippen LogP contribution in [-0.2, 0) is 13.6 Å². The first-order chi connectivity index (χ1) is 16.3. The molecule has 4 aromatic rings. The lowest BCUT2D eigenvalue weighted by Crippen LogP contribution is -2.30. The first-order valence-electron chi connectivity index (χ1n) is 10.1. The smallest absolute Gasteiger partial charge is 0.329 e. The largest absolute Gasteiger partial charge is 0.491 e. The molecule has 0 spiro atoms. The molecule has 34 heavy (non-hydrogen) atoms. The number of ether oxygens (including phenoxy) is 1. The fourth-order valence-electron chi connectivity index (χ4n) is 3.26. The van der Waals surface area contributed by atoms with Gasteiger partial charge in [0, 0.05) is 12.6 Å². The molecule has 0 aliphatic carbocycles. The summed E-state index contributed by atoms with van der Waals surface area (Å²) in [4.78, 5) is 31.1. The Balaban J connectivity index is 1.65. The van der Waals surface area contributed by atoms with Gasteiger partial charge in [-0.2, -0.15) is 10.1 Å². The first kappa shape index (κ1) is 23.2. The van der Waals surface area contributed by atoms with Gasteiger partial charge >= 0.3 is 5.69 Å². The molecule has 0 unspecified atom stereocenters. The van der Waals surface area contributed by atoms with E-state index in [9.17, 15) is 19.1 Å². The van der Waals surface area contributed by atoms with Gasteiger partial charge in [-0.1, -0.05) is 35.9 Å². The summed E-state index contributed by atoms with van der Waals surface area (Å²) < 4.78 is 22.1. The van der Waals surface area contributed by atoms with Crippen LogP contribution in [-0.4, -0.2) is 43.1 Å². The van der Waals surface area contributed by atoms with Crippen LogP contribution in [0.2, 0.25) is 5.02 Å². The molecule has 1 atom stereocenters. The van der Waals surface area contributed by atoms with E-state index in [1.165, 1.54) is 36.0 Å². The van der Waals surface area contributed by atoms with Gasteiger partial charge in [0.15, 0.2) is 11.2 Å². The summed E-state index contributed by atoms with van der Waals surface area (Å²) in [5.41, 5.74) is 1.48. The molecule has 0 fully saturated rings. The van der Waals surface area contributed by atoms with Crippen molar-refractivity contribution in [3.05, 3.63) is 85.8 Å². The second-order valence-corrected chi connectivity index (χ2v) is 7.73. The lowest BCUT2D eigenvalue weighted by molar-refractivity contribution is 0.0938. The average Bonchev–Trinajstić information content (AvgIpc) is 3.17. The summed E-state index contributed by atoms with van der Waals surface area (Å²) in [6, 6.07) is 13.1. The number of nitrogens with one attached hydrogen (secondary N) is 2. The van der Waals surface area contributed by atoms with E-state index in [1.807, 2.05) is 6.07 Å². The lowest BCUT2D eigenvalue weighted by Gasteiger charge is -2.15. The Morgan fingerprint density at radius 1 is 1.26 bits per heavy atom. The van der Waals surface area contributed by atoms with Gasteiger partial charge in [-0.15, -0.1) is 0 Å². The third-order valence-corrected chi connectivity index (χ3v) is 5.27. The van der Waals surface area contributed by atoms with Crippen molar-refractivity contribution in [1.82, 2.24) is 19.1 Å². The molecule has 0 bridgehead atoms. The monoisotopic (exact) mass is 486 g/mol. The number of nitrogens with zero attached hydrogens (tertiary/aromatic N) is 4. The fraction of sp³-hybridized carbons (Fsp3) is 0.182. The number of hydrogen-bond donors (Lipinski definition) is 3. The minimum absolute atomic E-state index is 0.0440. The fourth-order valence-corrected chi connectivity index (χ4v) is 3.47. The van der Waals surface area contributed by atoms with Gasteiger partial charge in [-0.25, -0.2) is 14.6 Å². The molecule has 10 nitrogen and oxygen atoms in total. The number of rotatable bonds is 8. The zero-order valence-electron chi connectivity index (χ0n) is 17.9. The van der Waals surface area contributed by atoms with Crippen molar-refractivity contribution in [1.29, 1.82) is 0 Å². The molecule has 0 saturated carbocycles. The van der Waals surface area contributed by atoms with Gasteiger partial charge in [0.25, 0.3) is 5.56 Å². The van der Waals surface area contributed by atoms with Crippen LogP contribution in [0.5, 0.6) is 5.75 Å². The number of hydrogen-bond acceptors (Lipinski definition) is 7. The van der Waals surface area contributed by atoms with Crippen LogP contribution in [0.1, 0.15) is 5.56 Å². The van der Waals surface area contributed by atoms with E-state index in [1.54, 1.807) is 24.3 Å². The van der Waals surface area contributed by atoms with E-state index in [0.717, 1.165) is 4.57 Å². The second-order valence-electron chi connectivity index (χ2n) is 7.32. The number of aliphatic hydroxyl groups is 1. The highest BCUT2D eigenvalue weighted by Gasteiger charge is 2.20. The zero-order chi connectivity index (χ0) is 24.2. The molecule has 0 aliphatic heterocycles. The van der Waals surface area contributed by atoms with Crippen molar-refractivity contribution in [3.63, 3.8) is 0 Å². The van der Waals surface area contributed by atoms with Crippen LogP contribution in [0.3, 0.4) is 0 Å². The van der Waals surface area contributed by atoms with Gasteiger partial charge < -0.3 is 14.4 Å². The molecule has 176 valence electrons. The molecular formula is C22H20ClFN6O4. The lowest BCUT2D eigenvalue weighted by atomic mass is 10.2. The van der Waals surface area contributed by atoms with Crippen LogP contribution in [0.4, 0.5) is 10.3 Å². The summed E-state index contributed by atoms with van der Waals surface area (Å²) >= 11 is 6.01. The number of anilines is 1. The van der Waals surface area contributed by atoms with Gasteiger partial charge in [0.2, 0.25) is 5.95 Å². The van der Waals surface area contributed by atoms with Crippen LogP contribution in [0, 0.1) is 5.82 Å². The van der Waals surface area contributed by atoms with E-state index >= 15 is 0 Å². The minimum Gasteiger partial charge on any atom is -0.491 e. The number of hydrazone groups is 1. The Morgan fingerprint density at radius 3 is 2.76 bits per heavy atom. The number of aliphatic hydroxyl groups excluding tert-OH is 1. The van der Waals surface area contributed by atoms with Gasteiger partial charge in [0.1, 0.15) is 24.3 Å². The van der Waals surface area contributed by atoms with Gasteiger partial charge in [0.05, 0.1) is 17.8 Å². The quantitative estimate of drug-likeness (QED) is 0.258. The predicted molar refractivity (Wildman–Crippen MR) is 126 cm³/mol. The summed E-state index contributed by atoms with van der Waals surface area (Å²) in [5, 5.41) is 14.7. The number of fused-ring (bicyclic) bond motifs is 1. The normalized spacial score (nSPS) is 12.4. The highest BCUT2D eigenvalue weighted by Crippen LogP contribution is 2.19. The maximum atomic E-state index is 14.0. The Hall–Kier alpha value is -3.96. The standard InChI is InChI=1S/C22H20ClFN6O4/c1-29-19-18(20(32)27-22(29)33)30(11-13(31)12-34-14-6-3-2-4-7-14)21(26-19)28-25-10-15-16(23)8-5-9-17(15)24/h2-10,13,31H,11-12H2,1H3,(H,26,28)(H,27,32,33)/b25-10-/t13-/m0/s1. The van der Waals surface area contributed by atoms with Crippen molar-refractivity contribution in [2.75, 3.05) is 12.0 Å². The van der Waals surface area contributed by atoms with E-state index < -0.39 is 23.2 Å². The van der Waals surface area contributed by atoms with Crippen molar-refractivity contribution in [2.45, 2.75) is 12.6 Å². The van der Waals surface area contributed by atoms with E-state index in [-0.39, 0.29) is 40.8 Å². The van der Waals surface area contributed by atoms with Crippen molar-refractivity contribution in [3.8, 4) is 5.75 Å². The summed E-state index contributed by atoms with van der Waals surface area (Å²) in [6.07, 6.45) is 0.124. The molecular weight excluding hydrogens is 467 g/mol. The van der Waals surface area contributed by atoms with Crippen LogP contribution < -0.4 is 21.4 Å². The van der Waals surface area contributed by atoms with Crippen LogP contribution in [0.25, 0.3) is 11.2 Å². The molecule has 12 heteroatoms. The molecule has 4 rings (SSSR count). The van der Waals surface area contributed by atoms with Gasteiger partial charge in [-0.05, 0) is 24.3 Å².